The van der Waals surface area contributed by atoms with Crippen molar-refractivity contribution in [2.75, 3.05) is 92.1 Å². The average Bonchev–Trinajstić information content (AvgIpc) is 4.18. The predicted molar refractivity (Wildman–Crippen MR) is 317 cm³/mol. The SMILES string of the molecule is CCCOC(=O)NC1CC(C)(C)CC(C)(CN=C=NCC2CC(NC(=O)OCC(CC)(COCC(C)(C)OCC)COC(=O)NC3CC(C)(C)CC(C)(CN=C=NCC4(C)CCCC(NC(=O)OCCN5CC5)C4)C3)CC(C)(C)C2)C1. The summed E-state index contributed by atoms with van der Waals surface area (Å²) >= 11 is 0. The minimum atomic E-state index is -0.832. The first-order valence-electron chi connectivity index (χ1n) is 30.8. The molecule has 4 N–H and O–H groups in total. The molecular weight excluding hydrogens is 1030 g/mol. The van der Waals surface area contributed by atoms with Gasteiger partial charge in [0.05, 0.1) is 69.0 Å². The minimum Gasteiger partial charge on any atom is -0.450 e. The first-order valence-corrected chi connectivity index (χ1v) is 30.8. The maximum absolute atomic E-state index is 13.8. The van der Waals surface area contributed by atoms with E-state index in [0.29, 0.717) is 65.4 Å². The molecule has 0 radical (unpaired) electrons. The quantitative estimate of drug-likeness (QED) is 0.0327. The molecular formula is C62H109N9O10. The summed E-state index contributed by atoms with van der Waals surface area (Å²) in [6.07, 6.45) is 10.9. The number of nitrogens with zero attached hydrogens (tertiary/aromatic N) is 5. The van der Waals surface area contributed by atoms with E-state index in [1.54, 1.807) is 0 Å². The molecule has 4 aliphatic carbocycles. The maximum atomic E-state index is 13.8. The van der Waals surface area contributed by atoms with Gasteiger partial charge in [0.2, 0.25) is 0 Å². The van der Waals surface area contributed by atoms with E-state index in [-0.39, 0.29) is 94.6 Å². The molecule has 81 heavy (non-hydrogen) atoms. The third-order valence-electron chi connectivity index (χ3n) is 17.3. The van der Waals surface area contributed by atoms with Gasteiger partial charge in [-0.25, -0.2) is 39.1 Å². The second-order valence-corrected chi connectivity index (χ2v) is 29.4. The molecule has 5 aliphatic rings. The number of rotatable bonds is 28. The average molecular weight is 1140 g/mol. The zero-order valence-corrected chi connectivity index (χ0v) is 52.7. The lowest BCUT2D eigenvalue weighted by Gasteiger charge is -2.46. The highest BCUT2D eigenvalue weighted by Gasteiger charge is 2.44. The largest absolute Gasteiger partial charge is 0.450 e. The molecule has 1 saturated heterocycles. The Kier molecular flexibility index (Phi) is 25.0. The van der Waals surface area contributed by atoms with Crippen LogP contribution in [0.4, 0.5) is 19.2 Å². The van der Waals surface area contributed by atoms with Gasteiger partial charge in [-0.15, -0.1) is 0 Å². The number of alkyl carbamates (subject to hydrolysis) is 4. The van der Waals surface area contributed by atoms with E-state index in [1.807, 2.05) is 34.6 Å². The maximum Gasteiger partial charge on any atom is 0.407 e. The van der Waals surface area contributed by atoms with Crippen molar-refractivity contribution in [3.05, 3.63) is 0 Å². The molecule has 1 heterocycles. The molecule has 4 saturated carbocycles. The number of amides is 4. The molecule has 5 fully saturated rings. The Morgan fingerprint density at radius 3 is 1.60 bits per heavy atom. The summed E-state index contributed by atoms with van der Waals surface area (Å²) in [6, 6.07) is 5.81. The van der Waals surface area contributed by atoms with Crippen LogP contribution in [0.2, 0.25) is 0 Å². The number of nitrogens with one attached hydrogen (secondary N) is 4. The second kappa shape index (κ2) is 30.0. The highest BCUT2D eigenvalue weighted by Crippen LogP contribution is 2.48. The van der Waals surface area contributed by atoms with Gasteiger partial charge < -0.3 is 49.7 Å². The van der Waals surface area contributed by atoms with Gasteiger partial charge in [0.15, 0.2) is 0 Å². The van der Waals surface area contributed by atoms with Crippen LogP contribution in [0.3, 0.4) is 0 Å². The van der Waals surface area contributed by atoms with E-state index in [9.17, 15) is 19.2 Å². The number of aliphatic imine (C=N–C) groups is 4. The van der Waals surface area contributed by atoms with Gasteiger partial charge in [-0.2, -0.15) is 0 Å². The minimum absolute atomic E-state index is 0.0135. The van der Waals surface area contributed by atoms with Gasteiger partial charge in [0, 0.05) is 50.4 Å². The van der Waals surface area contributed by atoms with Crippen LogP contribution in [0.25, 0.3) is 0 Å². The number of carbonyl (C=O) groups excluding carboxylic acids is 4. The number of hydrogen-bond acceptors (Lipinski definition) is 15. The van der Waals surface area contributed by atoms with Crippen molar-refractivity contribution in [3.8, 4) is 0 Å². The lowest BCUT2D eigenvalue weighted by Crippen LogP contribution is -2.49. The zero-order chi connectivity index (χ0) is 59.6. The van der Waals surface area contributed by atoms with E-state index >= 15 is 0 Å². The Labute approximate surface area is 487 Å². The van der Waals surface area contributed by atoms with E-state index in [1.165, 1.54) is 0 Å². The van der Waals surface area contributed by atoms with Gasteiger partial charge >= 0.3 is 24.4 Å². The van der Waals surface area contributed by atoms with Crippen LogP contribution in [-0.4, -0.2) is 163 Å². The molecule has 0 aromatic carbocycles. The smallest absolute Gasteiger partial charge is 0.407 e. The Hall–Kier alpha value is -4.28. The van der Waals surface area contributed by atoms with Crippen molar-refractivity contribution >= 4 is 36.4 Å². The Morgan fingerprint density at radius 1 is 0.568 bits per heavy atom. The van der Waals surface area contributed by atoms with E-state index in [4.69, 9.17) is 33.4 Å². The fraction of sp³-hybridized carbons (Fsp3) is 0.903. The first kappa shape index (κ1) is 67.5. The Morgan fingerprint density at radius 2 is 1.06 bits per heavy atom. The molecule has 9 unspecified atom stereocenters. The molecule has 0 aromatic rings. The van der Waals surface area contributed by atoms with Crippen molar-refractivity contribution in [2.24, 2.45) is 63.8 Å². The normalized spacial score (nSPS) is 29.4. The van der Waals surface area contributed by atoms with Gasteiger partial charge in [0.1, 0.15) is 19.8 Å². The van der Waals surface area contributed by atoms with Crippen LogP contribution >= 0.6 is 0 Å². The number of carbonyl (C=O) groups is 4. The van der Waals surface area contributed by atoms with Crippen LogP contribution in [0.15, 0.2) is 20.0 Å². The summed E-state index contributed by atoms with van der Waals surface area (Å²) in [5.74, 6) is 0.213. The molecule has 1 aliphatic heterocycles. The van der Waals surface area contributed by atoms with Gasteiger partial charge in [-0.1, -0.05) is 82.6 Å². The fourth-order valence-electron chi connectivity index (χ4n) is 14.3. The zero-order valence-electron chi connectivity index (χ0n) is 52.7. The summed E-state index contributed by atoms with van der Waals surface area (Å²) in [6.45, 7) is 36.9. The highest BCUT2D eigenvalue weighted by molar-refractivity contribution is 5.69. The molecule has 4 amide bonds. The first-order chi connectivity index (χ1) is 38.0. The second-order valence-electron chi connectivity index (χ2n) is 29.4. The monoisotopic (exact) mass is 1140 g/mol. The van der Waals surface area contributed by atoms with Gasteiger partial charge in [-0.05, 0) is 149 Å². The molecule has 5 rings (SSSR count). The fourth-order valence-corrected chi connectivity index (χ4v) is 14.3. The summed E-state index contributed by atoms with van der Waals surface area (Å²) < 4.78 is 35.0. The van der Waals surface area contributed by atoms with Crippen LogP contribution in [0.1, 0.15) is 193 Å². The van der Waals surface area contributed by atoms with Crippen molar-refractivity contribution in [3.63, 3.8) is 0 Å². The molecule has 19 heteroatoms. The van der Waals surface area contributed by atoms with Crippen LogP contribution in [0, 0.1) is 43.8 Å². The van der Waals surface area contributed by atoms with Crippen molar-refractivity contribution in [1.29, 1.82) is 0 Å². The predicted octanol–water partition coefficient (Wildman–Crippen LogP) is 11.5. The summed E-state index contributed by atoms with van der Waals surface area (Å²) in [5.41, 5.74) is -1.85. The molecule has 0 aromatic heterocycles. The summed E-state index contributed by atoms with van der Waals surface area (Å²) in [7, 11) is 0. The molecule has 19 nitrogen and oxygen atoms in total. The molecule has 0 spiro atoms. The number of ether oxygens (including phenoxy) is 6. The highest BCUT2D eigenvalue weighted by atomic mass is 16.6. The Balaban J connectivity index is 1.13. The van der Waals surface area contributed by atoms with Gasteiger partial charge in [0.25, 0.3) is 0 Å². The number of hydrogen-bond donors (Lipinski definition) is 4. The third-order valence-corrected chi connectivity index (χ3v) is 17.3. The van der Waals surface area contributed by atoms with Crippen molar-refractivity contribution in [1.82, 2.24) is 26.2 Å². The summed E-state index contributed by atoms with van der Waals surface area (Å²) in [4.78, 5) is 73.3. The van der Waals surface area contributed by atoms with Crippen molar-refractivity contribution in [2.45, 2.75) is 223 Å². The van der Waals surface area contributed by atoms with E-state index in [0.717, 1.165) is 103 Å². The molecule has 462 valence electrons. The topological polar surface area (TPSA) is 224 Å². The van der Waals surface area contributed by atoms with Gasteiger partial charge in [-0.3, -0.25) is 4.90 Å². The standard InChI is InChI=1S/C62H109N9O10/c1-15-24-77-52(73)69-49-29-56(6,7)35-60(13,32-49)38-65-44-63-34-46-26-48(28-55(4,5)27-46)68-53(74)79-42-62(16-2,41-76-40-58(10,11)81-17-3)43-80-54(75)70-50-30-57(8,9)36-61(14,33-50)39-66-45-64-37-59(12)20-18-19-47(31-59)67-51(72)78-25-23-71-21-22-71/h46-50H,15-43H2,1-14H3,(H,67,72)(H,68,74)(H,69,73)(H,70,75). The van der Waals surface area contributed by atoms with Crippen LogP contribution in [0.5, 0.6) is 0 Å². The van der Waals surface area contributed by atoms with Crippen LogP contribution in [-0.2, 0) is 28.4 Å². The van der Waals surface area contributed by atoms with Crippen LogP contribution < -0.4 is 21.3 Å². The lowest BCUT2D eigenvalue weighted by atomic mass is 9.62. The van der Waals surface area contributed by atoms with E-state index in [2.05, 4.69) is 115 Å². The summed E-state index contributed by atoms with van der Waals surface area (Å²) in [5, 5.41) is 12.5. The molecule has 0 bridgehead atoms. The van der Waals surface area contributed by atoms with Crippen molar-refractivity contribution < 1.29 is 47.6 Å². The molecule has 9 atom stereocenters. The Bertz CT molecular complexity index is 2170. The lowest BCUT2D eigenvalue weighted by molar-refractivity contribution is -0.102. The van der Waals surface area contributed by atoms with E-state index < -0.39 is 23.2 Å². The third kappa shape index (κ3) is 24.8.